The summed E-state index contributed by atoms with van der Waals surface area (Å²) in [6, 6.07) is 7.94. The highest BCUT2D eigenvalue weighted by molar-refractivity contribution is 5.76. The number of nitrogens with one attached hydrogen (secondary N) is 1. The Balaban J connectivity index is 1.81. The number of aryl methyl sites for hydroxylation is 1. The van der Waals surface area contributed by atoms with Gasteiger partial charge in [-0.1, -0.05) is 12.1 Å². The molecule has 0 radical (unpaired) electrons. The second-order valence-electron chi connectivity index (χ2n) is 5.72. The number of halogens is 3. The molecule has 4 nitrogen and oxygen atoms in total. The third-order valence-corrected chi connectivity index (χ3v) is 3.60. The molecule has 2 N–H and O–H groups in total. The molecule has 0 saturated carbocycles. The van der Waals surface area contributed by atoms with Crippen LogP contribution in [-0.4, -0.2) is 17.6 Å². The molecule has 1 aromatic carbocycles. The van der Waals surface area contributed by atoms with Crippen molar-refractivity contribution >= 4 is 5.91 Å². The number of carbonyl (C=O) groups excluding carboxylic acids is 1. The van der Waals surface area contributed by atoms with Gasteiger partial charge in [0, 0.05) is 6.42 Å². The molecule has 0 spiro atoms. The van der Waals surface area contributed by atoms with Crippen LogP contribution in [0.2, 0.25) is 0 Å². The minimum atomic E-state index is -4.37. The molecule has 1 aromatic heterocycles. The van der Waals surface area contributed by atoms with Crippen molar-refractivity contribution in [1.29, 1.82) is 0 Å². The highest BCUT2D eigenvalue weighted by atomic mass is 19.4. The van der Waals surface area contributed by atoms with Crippen LogP contribution in [0.4, 0.5) is 13.2 Å². The average molecular weight is 341 g/mol. The van der Waals surface area contributed by atoms with E-state index < -0.39 is 17.3 Å². The number of carbonyl (C=O) groups is 1. The topological polar surface area (TPSA) is 62.5 Å². The van der Waals surface area contributed by atoms with E-state index in [4.69, 9.17) is 4.42 Å². The van der Waals surface area contributed by atoms with Crippen LogP contribution in [0.25, 0.3) is 0 Å². The summed E-state index contributed by atoms with van der Waals surface area (Å²) in [6.45, 7) is 1.49. The maximum Gasteiger partial charge on any atom is 0.416 e. The Morgan fingerprint density at radius 2 is 1.88 bits per heavy atom. The van der Waals surface area contributed by atoms with Crippen molar-refractivity contribution in [3.8, 4) is 0 Å². The van der Waals surface area contributed by atoms with Gasteiger partial charge in [-0.3, -0.25) is 4.79 Å². The van der Waals surface area contributed by atoms with E-state index in [9.17, 15) is 23.1 Å². The normalized spacial score (nSPS) is 14.2. The number of aliphatic hydroxyl groups is 1. The minimum Gasteiger partial charge on any atom is -0.466 e. The second-order valence-corrected chi connectivity index (χ2v) is 5.72. The van der Waals surface area contributed by atoms with E-state index in [1.807, 2.05) is 0 Å². The third-order valence-electron chi connectivity index (χ3n) is 3.60. The lowest BCUT2D eigenvalue weighted by Gasteiger charge is -2.21. The van der Waals surface area contributed by atoms with Crippen molar-refractivity contribution in [1.82, 2.24) is 5.32 Å². The zero-order valence-corrected chi connectivity index (χ0v) is 13.1. The van der Waals surface area contributed by atoms with Gasteiger partial charge < -0.3 is 14.8 Å². The van der Waals surface area contributed by atoms with E-state index in [0.717, 1.165) is 12.1 Å². The van der Waals surface area contributed by atoms with Gasteiger partial charge in [0.05, 0.1) is 18.4 Å². The van der Waals surface area contributed by atoms with Crippen molar-refractivity contribution in [2.45, 2.75) is 31.5 Å². The maximum atomic E-state index is 12.5. The Kier molecular flexibility index (Phi) is 5.33. The Bertz CT molecular complexity index is 661. The Morgan fingerprint density at radius 3 is 2.42 bits per heavy atom. The SMILES string of the molecule is C[C@](O)(CNC(=O)CCc1ccc(C(F)(F)F)cc1)c1ccco1. The number of amides is 1. The second kappa shape index (κ2) is 7.09. The van der Waals surface area contributed by atoms with E-state index in [-0.39, 0.29) is 18.9 Å². The van der Waals surface area contributed by atoms with Crippen molar-refractivity contribution in [2.24, 2.45) is 0 Å². The molecule has 0 aliphatic heterocycles. The van der Waals surface area contributed by atoms with Gasteiger partial charge in [0.1, 0.15) is 11.4 Å². The lowest BCUT2D eigenvalue weighted by molar-refractivity contribution is -0.137. The zero-order chi connectivity index (χ0) is 17.8. The number of hydrogen-bond donors (Lipinski definition) is 2. The fraction of sp³-hybridized carbons (Fsp3) is 0.353. The largest absolute Gasteiger partial charge is 0.466 e. The number of furan rings is 1. The lowest BCUT2D eigenvalue weighted by atomic mass is 10.0. The van der Waals surface area contributed by atoms with Crippen LogP contribution < -0.4 is 5.32 Å². The Hall–Kier alpha value is -2.28. The summed E-state index contributed by atoms with van der Waals surface area (Å²) < 4.78 is 42.5. The van der Waals surface area contributed by atoms with Crippen LogP contribution in [-0.2, 0) is 23.0 Å². The monoisotopic (exact) mass is 341 g/mol. The van der Waals surface area contributed by atoms with Crippen LogP contribution in [0, 0.1) is 0 Å². The van der Waals surface area contributed by atoms with Gasteiger partial charge in [0.2, 0.25) is 5.91 Å². The lowest BCUT2D eigenvalue weighted by Crippen LogP contribution is -2.38. The Labute approximate surface area is 137 Å². The summed E-state index contributed by atoms with van der Waals surface area (Å²) >= 11 is 0. The van der Waals surface area contributed by atoms with Crippen molar-refractivity contribution < 1.29 is 27.5 Å². The molecule has 1 amide bonds. The average Bonchev–Trinajstić information content (AvgIpc) is 3.06. The van der Waals surface area contributed by atoms with Crippen molar-refractivity contribution in [3.63, 3.8) is 0 Å². The van der Waals surface area contributed by atoms with Gasteiger partial charge in [0.25, 0.3) is 0 Å². The molecule has 0 aliphatic rings. The first-order valence-corrected chi connectivity index (χ1v) is 7.38. The highest BCUT2D eigenvalue weighted by Crippen LogP contribution is 2.29. The molecule has 0 saturated heterocycles. The molecular formula is C17H18F3NO3. The van der Waals surface area contributed by atoms with Crippen molar-refractivity contribution in [3.05, 3.63) is 59.5 Å². The number of hydrogen-bond acceptors (Lipinski definition) is 3. The van der Waals surface area contributed by atoms with E-state index in [1.54, 1.807) is 12.1 Å². The summed E-state index contributed by atoms with van der Waals surface area (Å²) in [7, 11) is 0. The van der Waals surface area contributed by atoms with Gasteiger partial charge in [-0.05, 0) is 43.2 Å². The summed E-state index contributed by atoms with van der Waals surface area (Å²) in [4.78, 5) is 11.8. The summed E-state index contributed by atoms with van der Waals surface area (Å²) in [5, 5.41) is 12.8. The van der Waals surface area contributed by atoms with Gasteiger partial charge in [-0.2, -0.15) is 13.2 Å². The molecule has 24 heavy (non-hydrogen) atoms. The van der Waals surface area contributed by atoms with Crippen LogP contribution in [0.3, 0.4) is 0 Å². The van der Waals surface area contributed by atoms with Crippen LogP contribution >= 0.6 is 0 Å². The van der Waals surface area contributed by atoms with Crippen LogP contribution in [0.5, 0.6) is 0 Å². The maximum absolute atomic E-state index is 12.5. The standard InChI is InChI=1S/C17H18F3NO3/c1-16(23,14-3-2-10-24-14)11-21-15(22)9-6-12-4-7-13(8-5-12)17(18,19)20/h2-5,7-8,10,23H,6,9,11H2,1H3,(H,21,22)/t16-/m0/s1. The number of rotatable bonds is 6. The first-order valence-electron chi connectivity index (χ1n) is 7.38. The molecule has 1 heterocycles. The van der Waals surface area contributed by atoms with Crippen molar-refractivity contribution in [2.75, 3.05) is 6.54 Å². The van der Waals surface area contributed by atoms with Gasteiger partial charge >= 0.3 is 6.18 Å². The molecule has 0 bridgehead atoms. The van der Waals surface area contributed by atoms with Gasteiger partial charge in [0.15, 0.2) is 0 Å². The zero-order valence-electron chi connectivity index (χ0n) is 13.1. The van der Waals surface area contributed by atoms with E-state index in [2.05, 4.69) is 5.32 Å². The quantitative estimate of drug-likeness (QED) is 0.848. The molecule has 0 unspecified atom stereocenters. The third kappa shape index (κ3) is 4.86. The molecule has 1 atom stereocenters. The molecule has 7 heteroatoms. The first kappa shape index (κ1) is 18.1. The summed E-state index contributed by atoms with van der Waals surface area (Å²) in [5.74, 6) is 0.0345. The summed E-state index contributed by atoms with van der Waals surface area (Å²) in [6.07, 6.45) is -2.52. The molecule has 2 rings (SSSR count). The minimum absolute atomic E-state index is 0.0215. The molecule has 2 aromatic rings. The van der Waals surface area contributed by atoms with Gasteiger partial charge in [-0.25, -0.2) is 0 Å². The number of benzene rings is 1. The highest BCUT2D eigenvalue weighted by Gasteiger charge is 2.30. The number of alkyl halides is 3. The fourth-order valence-corrected chi connectivity index (χ4v) is 2.15. The fourth-order valence-electron chi connectivity index (χ4n) is 2.15. The van der Waals surface area contributed by atoms with Crippen LogP contribution in [0.15, 0.2) is 47.1 Å². The Morgan fingerprint density at radius 1 is 1.21 bits per heavy atom. The van der Waals surface area contributed by atoms with Crippen LogP contribution in [0.1, 0.15) is 30.2 Å². The summed E-state index contributed by atoms with van der Waals surface area (Å²) in [5.41, 5.74) is -1.41. The predicted molar refractivity (Wildman–Crippen MR) is 81.1 cm³/mol. The molecule has 0 aliphatic carbocycles. The van der Waals surface area contributed by atoms with Gasteiger partial charge in [-0.15, -0.1) is 0 Å². The van der Waals surface area contributed by atoms with E-state index in [1.165, 1.54) is 25.3 Å². The molecule has 130 valence electrons. The van der Waals surface area contributed by atoms with E-state index in [0.29, 0.717) is 17.7 Å². The molecular weight excluding hydrogens is 323 g/mol. The smallest absolute Gasteiger partial charge is 0.416 e. The molecule has 0 fully saturated rings. The first-order chi connectivity index (χ1) is 11.2. The van der Waals surface area contributed by atoms with E-state index >= 15 is 0 Å². The predicted octanol–water partition coefficient (Wildman–Crippen LogP) is 3.25.